The van der Waals surface area contributed by atoms with Crippen LogP contribution in [0.25, 0.3) is 5.57 Å². The lowest BCUT2D eigenvalue weighted by molar-refractivity contribution is -0.117. The van der Waals surface area contributed by atoms with Crippen LogP contribution in [0.2, 0.25) is 0 Å². The van der Waals surface area contributed by atoms with E-state index < -0.39 is 6.09 Å². The van der Waals surface area contributed by atoms with Gasteiger partial charge in [0.25, 0.3) is 0 Å². The van der Waals surface area contributed by atoms with Crippen molar-refractivity contribution in [3.8, 4) is 0 Å². The molecule has 2 aliphatic rings. The molecule has 33 heavy (non-hydrogen) atoms. The second-order valence-corrected chi connectivity index (χ2v) is 8.74. The van der Waals surface area contributed by atoms with Gasteiger partial charge in [0, 0.05) is 24.6 Å². The smallest absolute Gasteiger partial charge is 0.407 e. The Balaban J connectivity index is 1.65. The number of hydrogen-bond donors (Lipinski definition) is 1. The van der Waals surface area contributed by atoms with Crippen molar-refractivity contribution in [2.24, 2.45) is 5.92 Å². The minimum Gasteiger partial charge on any atom is -0.445 e. The predicted octanol–water partition coefficient (Wildman–Crippen LogP) is 5.24. The highest BCUT2D eigenvalue weighted by Gasteiger charge is 2.40. The number of ether oxygens (including phenoxy) is 2. The maximum Gasteiger partial charge on any atom is 0.407 e. The average molecular weight is 449 g/mol. The first-order valence-corrected chi connectivity index (χ1v) is 11.7. The van der Waals surface area contributed by atoms with E-state index in [1.165, 1.54) is 5.57 Å². The second-order valence-electron chi connectivity index (χ2n) is 8.74. The quantitative estimate of drug-likeness (QED) is 0.679. The molecular weight excluding hydrogens is 416 g/mol. The van der Waals surface area contributed by atoms with E-state index in [1.54, 1.807) is 6.92 Å². The van der Waals surface area contributed by atoms with Crippen LogP contribution in [0.1, 0.15) is 56.3 Å². The Morgan fingerprint density at radius 2 is 1.97 bits per heavy atom. The van der Waals surface area contributed by atoms with E-state index in [2.05, 4.69) is 37.4 Å². The first-order valence-electron chi connectivity index (χ1n) is 11.7. The summed E-state index contributed by atoms with van der Waals surface area (Å²) in [5.74, 6) is 0.0349. The van der Waals surface area contributed by atoms with Gasteiger partial charge in [0.2, 0.25) is 5.91 Å². The Bertz CT molecular complexity index is 1030. The molecule has 0 aromatic heterocycles. The van der Waals surface area contributed by atoms with Gasteiger partial charge in [-0.05, 0) is 47.2 Å². The number of nitrogens with zero attached hydrogens (tertiary/aromatic N) is 1. The van der Waals surface area contributed by atoms with Crippen molar-refractivity contribution in [3.05, 3.63) is 71.3 Å². The van der Waals surface area contributed by atoms with E-state index in [4.69, 9.17) is 9.47 Å². The molecule has 1 N–H and O–H groups in total. The van der Waals surface area contributed by atoms with Crippen molar-refractivity contribution in [3.63, 3.8) is 0 Å². The maximum absolute atomic E-state index is 12.8. The van der Waals surface area contributed by atoms with Gasteiger partial charge in [-0.15, -0.1) is 0 Å². The summed E-state index contributed by atoms with van der Waals surface area (Å²) >= 11 is 0. The molecule has 0 spiro atoms. The summed E-state index contributed by atoms with van der Waals surface area (Å²) in [4.78, 5) is 27.3. The Kier molecular flexibility index (Phi) is 7.14. The number of rotatable bonds is 5. The fourth-order valence-electron chi connectivity index (χ4n) is 4.99. The van der Waals surface area contributed by atoms with E-state index in [9.17, 15) is 9.59 Å². The van der Waals surface area contributed by atoms with Crippen LogP contribution in [0.15, 0.2) is 54.6 Å². The molecule has 2 unspecified atom stereocenters. The molecular formula is C27H32N2O4. The van der Waals surface area contributed by atoms with Crippen LogP contribution in [0.5, 0.6) is 0 Å². The van der Waals surface area contributed by atoms with Gasteiger partial charge >= 0.3 is 6.09 Å². The van der Waals surface area contributed by atoms with E-state index in [0.717, 1.165) is 35.2 Å². The van der Waals surface area contributed by atoms with Crippen LogP contribution in [0.4, 0.5) is 10.5 Å². The van der Waals surface area contributed by atoms with Crippen LogP contribution < -0.4 is 10.2 Å². The number of amides is 2. The summed E-state index contributed by atoms with van der Waals surface area (Å²) in [6, 6.07) is 15.6. The highest BCUT2D eigenvalue weighted by molar-refractivity contribution is 5.94. The van der Waals surface area contributed by atoms with Gasteiger partial charge in [-0.1, -0.05) is 56.3 Å². The van der Waals surface area contributed by atoms with Crippen LogP contribution in [0.3, 0.4) is 0 Å². The molecule has 0 aliphatic carbocycles. The van der Waals surface area contributed by atoms with Gasteiger partial charge in [-0.2, -0.15) is 0 Å². The maximum atomic E-state index is 12.8. The van der Waals surface area contributed by atoms with Gasteiger partial charge in [0.1, 0.15) is 6.61 Å². The first-order chi connectivity index (χ1) is 16.0. The Morgan fingerprint density at radius 3 is 2.64 bits per heavy atom. The number of nitrogens with one attached hydrogen (secondary N) is 1. The van der Waals surface area contributed by atoms with Gasteiger partial charge in [-0.3, -0.25) is 4.79 Å². The molecule has 2 amide bonds. The third-order valence-corrected chi connectivity index (χ3v) is 6.66. The van der Waals surface area contributed by atoms with Crippen LogP contribution in [-0.4, -0.2) is 31.3 Å². The van der Waals surface area contributed by atoms with Gasteiger partial charge < -0.3 is 19.7 Å². The predicted molar refractivity (Wildman–Crippen MR) is 129 cm³/mol. The van der Waals surface area contributed by atoms with Gasteiger partial charge in [0.15, 0.2) is 0 Å². The number of alkyl carbamates (subject to hydrolysis) is 1. The third kappa shape index (κ3) is 4.96. The van der Waals surface area contributed by atoms with Crippen molar-refractivity contribution < 1.29 is 19.1 Å². The normalized spacial score (nSPS) is 22.2. The lowest BCUT2D eigenvalue weighted by atomic mass is 9.80. The molecule has 2 aliphatic heterocycles. The molecule has 0 saturated heterocycles. The zero-order chi connectivity index (χ0) is 23.4. The van der Waals surface area contributed by atoms with Crippen LogP contribution in [0, 0.1) is 5.92 Å². The van der Waals surface area contributed by atoms with Gasteiger partial charge in [0.05, 0.1) is 19.3 Å². The molecule has 174 valence electrons. The lowest BCUT2D eigenvalue weighted by Gasteiger charge is -2.45. The Morgan fingerprint density at radius 1 is 1.18 bits per heavy atom. The number of carbonyl (C=O) groups is 2. The molecule has 2 aromatic rings. The molecule has 2 heterocycles. The van der Waals surface area contributed by atoms with Crippen molar-refractivity contribution in [2.75, 3.05) is 18.1 Å². The molecule has 3 atom stereocenters. The third-order valence-electron chi connectivity index (χ3n) is 6.66. The fourth-order valence-corrected chi connectivity index (χ4v) is 4.99. The minimum atomic E-state index is -0.455. The lowest BCUT2D eigenvalue weighted by Crippen LogP contribution is -2.51. The Labute approximate surface area is 195 Å². The summed E-state index contributed by atoms with van der Waals surface area (Å²) in [7, 11) is 0. The summed E-state index contributed by atoms with van der Waals surface area (Å²) < 4.78 is 11.0. The standard InChI is InChI=1S/C27H32N2O4/c1-4-24-18(2)26(28-27(31)33-17-20-8-6-5-7-9-20)23-16-22(21-12-14-32-15-13-21)10-11-25(23)29(24)19(3)30/h5-12,16,18,24,26H,4,13-15,17H2,1-3H3,(H,28,31)/t18?,24-,26?/m0/s1. The fraction of sp³-hybridized carbons (Fsp3) is 0.407. The monoisotopic (exact) mass is 448 g/mol. The molecule has 0 bridgehead atoms. The molecule has 6 nitrogen and oxygen atoms in total. The zero-order valence-corrected chi connectivity index (χ0v) is 19.5. The zero-order valence-electron chi connectivity index (χ0n) is 19.5. The number of anilines is 1. The number of fused-ring (bicyclic) bond motifs is 1. The molecule has 0 fully saturated rings. The number of hydrogen-bond acceptors (Lipinski definition) is 4. The summed E-state index contributed by atoms with van der Waals surface area (Å²) in [6.45, 7) is 7.29. The largest absolute Gasteiger partial charge is 0.445 e. The first kappa shape index (κ1) is 23.1. The molecule has 4 rings (SSSR count). The minimum absolute atomic E-state index is 0.0115. The van der Waals surface area contributed by atoms with Crippen molar-refractivity contribution in [2.45, 2.75) is 52.3 Å². The average Bonchev–Trinajstić information content (AvgIpc) is 2.84. The molecule has 0 saturated carbocycles. The van der Waals surface area contributed by atoms with Crippen LogP contribution in [-0.2, 0) is 20.9 Å². The topological polar surface area (TPSA) is 67.9 Å². The Hall–Kier alpha value is -3.12. The van der Waals surface area contributed by atoms with E-state index >= 15 is 0 Å². The van der Waals surface area contributed by atoms with Gasteiger partial charge in [-0.25, -0.2) is 4.79 Å². The van der Waals surface area contributed by atoms with Crippen LogP contribution >= 0.6 is 0 Å². The summed E-state index contributed by atoms with van der Waals surface area (Å²) in [5.41, 5.74) is 5.08. The molecule has 6 heteroatoms. The van der Waals surface area contributed by atoms with Crippen molar-refractivity contribution in [1.29, 1.82) is 0 Å². The van der Waals surface area contributed by atoms with E-state index in [-0.39, 0.29) is 30.5 Å². The summed E-state index contributed by atoms with van der Waals surface area (Å²) in [6.07, 6.45) is 3.29. The molecule has 0 radical (unpaired) electrons. The number of benzene rings is 2. The number of carbonyl (C=O) groups excluding carboxylic acids is 2. The van der Waals surface area contributed by atoms with Crippen molar-refractivity contribution in [1.82, 2.24) is 5.32 Å². The summed E-state index contributed by atoms with van der Waals surface area (Å²) in [5, 5.41) is 3.11. The highest BCUT2D eigenvalue weighted by atomic mass is 16.5. The molecule has 2 aromatic carbocycles. The van der Waals surface area contributed by atoms with E-state index in [1.807, 2.05) is 41.3 Å². The highest BCUT2D eigenvalue weighted by Crippen LogP contribution is 2.43. The second kappa shape index (κ2) is 10.2. The van der Waals surface area contributed by atoms with Crippen molar-refractivity contribution >= 4 is 23.3 Å². The van der Waals surface area contributed by atoms with E-state index in [0.29, 0.717) is 13.2 Å². The SMILES string of the molecule is CC[C@H]1C(C)C(NC(=O)OCc2ccccc2)c2cc(C3=CCOCC3)ccc2N1C(C)=O.